The van der Waals surface area contributed by atoms with Crippen LogP contribution in [0.1, 0.15) is 25.3 Å². The second-order valence-electron chi connectivity index (χ2n) is 6.24. The number of likely N-dealkylation sites (N-methyl/N-ethyl adjacent to an activating group) is 1. The van der Waals surface area contributed by atoms with Crippen LogP contribution in [0.5, 0.6) is 0 Å². The third kappa shape index (κ3) is 5.38. The molecule has 1 N–H and O–H groups in total. The molecule has 21 heavy (non-hydrogen) atoms. The first-order chi connectivity index (χ1) is 10.2. The predicted octanol–water partition coefficient (Wildman–Crippen LogP) is 1.96. The van der Waals surface area contributed by atoms with Gasteiger partial charge in [0.2, 0.25) is 0 Å². The van der Waals surface area contributed by atoms with Gasteiger partial charge in [-0.2, -0.15) is 0 Å². The van der Waals surface area contributed by atoms with Gasteiger partial charge in [0.1, 0.15) is 0 Å². The Hall–Kier alpha value is -0.970. The molecule has 4 heteroatoms. The van der Waals surface area contributed by atoms with Crippen molar-refractivity contribution in [1.82, 2.24) is 15.2 Å². The lowest BCUT2D eigenvalue weighted by molar-refractivity contribution is -0.000185. The van der Waals surface area contributed by atoms with Crippen molar-refractivity contribution in [2.24, 2.45) is 5.41 Å². The first-order valence-corrected chi connectivity index (χ1v) is 8.10. The second kappa shape index (κ2) is 8.47. The van der Waals surface area contributed by atoms with Gasteiger partial charge in [-0.25, -0.2) is 0 Å². The van der Waals surface area contributed by atoms with Crippen molar-refractivity contribution in [3.63, 3.8) is 0 Å². The molecule has 118 valence electrons. The minimum Gasteiger partial charge on any atom is -0.381 e. The Bertz CT molecular complexity index is 390. The molecule has 0 saturated carbocycles. The summed E-state index contributed by atoms with van der Waals surface area (Å²) in [5.41, 5.74) is 1.74. The number of aromatic nitrogens is 1. The highest BCUT2D eigenvalue weighted by Gasteiger charge is 2.33. The summed E-state index contributed by atoms with van der Waals surface area (Å²) >= 11 is 0. The summed E-state index contributed by atoms with van der Waals surface area (Å²) in [5, 5.41) is 3.55. The van der Waals surface area contributed by atoms with E-state index in [1.54, 1.807) is 0 Å². The average molecular weight is 291 g/mol. The summed E-state index contributed by atoms with van der Waals surface area (Å²) in [4.78, 5) is 6.55. The lowest BCUT2D eigenvalue weighted by Crippen LogP contribution is -2.46. The maximum absolute atomic E-state index is 5.56. The number of rotatable bonds is 8. The molecule has 0 spiro atoms. The molecular weight excluding hydrogens is 262 g/mol. The van der Waals surface area contributed by atoms with Gasteiger partial charge in [-0.05, 0) is 56.0 Å². The van der Waals surface area contributed by atoms with Gasteiger partial charge in [0.15, 0.2) is 0 Å². The van der Waals surface area contributed by atoms with Crippen molar-refractivity contribution in [1.29, 1.82) is 0 Å². The van der Waals surface area contributed by atoms with E-state index in [2.05, 4.69) is 41.3 Å². The van der Waals surface area contributed by atoms with Crippen molar-refractivity contribution in [3.8, 4) is 0 Å². The third-order valence-corrected chi connectivity index (χ3v) is 4.44. The number of pyridine rings is 1. The van der Waals surface area contributed by atoms with Crippen molar-refractivity contribution < 1.29 is 4.74 Å². The van der Waals surface area contributed by atoms with Gasteiger partial charge in [0.25, 0.3) is 0 Å². The first kappa shape index (κ1) is 16.4. The molecule has 2 heterocycles. The van der Waals surface area contributed by atoms with Gasteiger partial charge in [0.05, 0.1) is 0 Å². The Labute approximate surface area is 128 Å². The van der Waals surface area contributed by atoms with Crippen LogP contribution in [0.2, 0.25) is 0 Å². The zero-order valence-corrected chi connectivity index (χ0v) is 13.5. The number of hydrogen-bond donors (Lipinski definition) is 1. The molecule has 0 unspecified atom stereocenters. The molecule has 4 nitrogen and oxygen atoms in total. The van der Waals surface area contributed by atoms with E-state index in [1.807, 2.05) is 12.4 Å². The van der Waals surface area contributed by atoms with Gasteiger partial charge in [0, 0.05) is 45.2 Å². The maximum Gasteiger partial charge on any atom is 0.0472 e. The van der Waals surface area contributed by atoms with Gasteiger partial charge in [-0.3, -0.25) is 4.98 Å². The maximum atomic E-state index is 5.56. The molecule has 1 aromatic rings. The van der Waals surface area contributed by atoms with E-state index in [4.69, 9.17) is 4.74 Å². The molecule has 0 bridgehead atoms. The SMILES string of the molecule is CCNCC1(CN(C)CCc2ccncc2)CCOCC1. The normalized spacial score (nSPS) is 18.0. The van der Waals surface area contributed by atoms with E-state index in [-0.39, 0.29) is 0 Å². The van der Waals surface area contributed by atoms with Crippen molar-refractivity contribution in [2.75, 3.05) is 46.4 Å². The topological polar surface area (TPSA) is 37.4 Å². The summed E-state index contributed by atoms with van der Waals surface area (Å²) in [7, 11) is 2.24. The van der Waals surface area contributed by atoms with Gasteiger partial charge >= 0.3 is 0 Å². The number of ether oxygens (including phenoxy) is 1. The highest BCUT2D eigenvalue weighted by Crippen LogP contribution is 2.30. The van der Waals surface area contributed by atoms with Crippen LogP contribution in [0.25, 0.3) is 0 Å². The largest absolute Gasteiger partial charge is 0.381 e. The van der Waals surface area contributed by atoms with Crippen molar-refractivity contribution in [2.45, 2.75) is 26.2 Å². The summed E-state index contributed by atoms with van der Waals surface area (Å²) < 4.78 is 5.56. The summed E-state index contributed by atoms with van der Waals surface area (Å²) in [5.74, 6) is 0. The van der Waals surface area contributed by atoms with Crippen LogP contribution in [0, 0.1) is 5.41 Å². The molecule has 0 atom stereocenters. The van der Waals surface area contributed by atoms with E-state index in [9.17, 15) is 0 Å². The lowest BCUT2D eigenvalue weighted by Gasteiger charge is -2.40. The fourth-order valence-electron chi connectivity index (χ4n) is 3.11. The fourth-order valence-corrected chi connectivity index (χ4v) is 3.11. The van der Waals surface area contributed by atoms with Crippen LogP contribution in [0.15, 0.2) is 24.5 Å². The first-order valence-electron chi connectivity index (χ1n) is 8.10. The number of nitrogens with one attached hydrogen (secondary N) is 1. The van der Waals surface area contributed by atoms with Crippen molar-refractivity contribution in [3.05, 3.63) is 30.1 Å². The summed E-state index contributed by atoms with van der Waals surface area (Å²) in [6, 6.07) is 4.22. The van der Waals surface area contributed by atoms with Crippen LogP contribution in [0.4, 0.5) is 0 Å². The minimum absolute atomic E-state index is 0.376. The standard InChI is InChI=1S/C17H29N3O/c1-3-18-14-17(7-12-21-13-8-17)15-20(2)11-6-16-4-9-19-10-5-16/h4-5,9-10,18H,3,6-8,11-15H2,1-2H3. The van der Waals surface area contributed by atoms with Gasteiger partial charge < -0.3 is 15.0 Å². The van der Waals surface area contributed by atoms with Crippen molar-refractivity contribution >= 4 is 0 Å². The van der Waals surface area contributed by atoms with E-state index >= 15 is 0 Å². The van der Waals surface area contributed by atoms with Gasteiger partial charge in [-0.1, -0.05) is 6.92 Å². The van der Waals surface area contributed by atoms with Crippen LogP contribution in [-0.4, -0.2) is 56.3 Å². The highest BCUT2D eigenvalue weighted by molar-refractivity contribution is 5.09. The Morgan fingerprint density at radius 2 is 2.00 bits per heavy atom. The zero-order valence-electron chi connectivity index (χ0n) is 13.5. The molecule has 0 radical (unpaired) electrons. The molecule has 0 aromatic carbocycles. The molecule has 1 aliphatic heterocycles. The minimum atomic E-state index is 0.376. The summed E-state index contributed by atoms with van der Waals surface area (Å²) in [6.07, 6.45) is 7.17. The van der Waals surface area contributed by atoms with E-state index in [1.165, 1.54) is 18.4 Å². The van der Waals surface area contributed by atoms with Crippen LogP contribution >= 0.6 is 0 Å². The summed E-state index contributed by atoms with van der Waals surface area (Å²) in [6.45, 7) is 8.39. The Balaban J connectivity index is 1.84. The molecular formula is C17H29N3O. The molecule has 1 aliphatic rings. The average Bonchev–Trinajstić information content (AvgIpc) is 2.53. The van der Waals surface area contributed by atoms with E-state index < -0.39 is 0 Å². The predicted molar refractivity (Wildman–Crippen MR) is 86.5 cm³/mol. The van der Waals surface area contributed by atoms with Crippen LogP contribution in [-0.2, 0) is 11.2 Å². The molecule has 1 fully saturated rings. The van der Waals surface area contributed by atoms with Crippen LogP contribution in [0.3, 0.4) is 0 Å². The quantitative estimate of drug-likeness (QED) is 0.794. The molecule has 0 aliphatic carbocycles. The fraction of sp³-hybridized carbons (Fsp3) is 0.706. The molecule has 1 aromatic heterocycles. The Morgan fingerprint density at radius 1 is 1.29 bits per heavy atom. The smallest absolute Gasteiger partial charge is 0.0472 e. The van der Waals surface area contributed by atoms with Crippen LogP contribution < -0.4 is 5.32 Å². The lowest BCUT2D eigenvalue weighted by atomic mass is 9.79. The highest BCUT2D eigenvalue weighted by atomic mass is 16.5. The molecule has 2 rings (SSSR count). The third-order valence-electron chi connectivity index (χ3n) is 4.44. The Morgan fingerprint density at radius 3 is 2.67 bits per heavy atom. The van der Waals surface area contributed by atoms with E-state index in [0.717, 1.165) is 45.8 Å². The zero-order chi connectivity index (χ0) is 15.0. The number of hydrogen-bond acceptors (Lipinski definition) is 4. The Kier molecular flexibility index (Phi) is 6.61. The van der Waals surface area contributed by atoms with E-state index in [0.29, 0.717) is 5.41 Å². The molecule has 1 saturated heterocycles. The molecule has 0 amide bonds. The monoisotopic (exact) mass is 291 g/mol. The number of nitrogens with zero attached hydrogens (tertiary/aromatic N) is 2. The van der Waals surface area contributed by atoms with Gasteiger partial charge in [-0.15, -0.1) is 0 Å². The second-order valence-corrected chi connectivity index (χ2v) is 6.24.